The monoisotopic (exact) mass is 287 g/mol. The molecule has 1 aromatic rings. The van der Waals surface area contributed by atoms with Crippen LogP contribution in [0.25, 0.3) is 0 Å². The number of carboxylic acid groups (broad SMARTS) is 1. The van der Waals surface area contributed by atoms with Gasteiger partial charge in [-0.25, -0.2) is 9.18 Å². The van der Waals surface area contributed by atoms with Crippen LogP contribution in [0.15, 0.2) is 18.2 Å². The minimum absolute atomic E-state index is 0.102. The lowest BCUT2D eigenvalue weighted by atomic mass is 10.1. The number of aliphatic carboxylic acids is 1. The van der Waals surface area contributed by atoms with Crippen molar-refractivity contribution in [3.63, 3.8) is 0 Å². The molecule has 1 atom stereocenters. The molecule has 0 saturated carbocycles. The molecule has 1 saturated heterocycles. The van der Waals surface area contributed by atoms with Gasteiger partial charge in [-0.15, -0.1) is 0 Å². The zero-order chi connectivity index (χ0) is 14.0. The highest BCUT2D eigenvalue weighted by molar-refractivity contribution is 6.31. The Morgan fingerprint density at radius 3 is 2.89 bits per heavy atom. The van der Waals surface area contributed by atoms with Gasteiger partial charge >= 0.3 is 5.97 Å². The molecule has 1 aliphatic rings. The highest BCUT2D eigenvalue weighted by Crippen LogP contribution is 2.18. The molecular formula is C12H11ClFNO4. The molecule has 5 nitrogen and oxygen atoms in total. The van der Waals surface area contributed by atoms with E-state index >= 15 is 0 Å². The number of ether oxygens (including phenoxy) is 1. The number of carbonyl (C=O) groups excluding carboxylic acids is 1. The summed E-state index contributed by atoms with van der Waals surface area (Å²) in [6.07, 6.45) is -1.08. The molecule has 1 fully saturated rings. The third kappa shape index (κ3) is 3.02. The van der Waals surface area contributed by atoms with Gasteiger partial charge in [0.25, 0.3) is 5.91 Å². The van der Waals surface area contributed by atoms with E-state index in [1.807, 2.05) is 0 Å². The van der Waals surface area contributed by atoms with Gasteiger partial charge in [-0.2, -0.15) is 0 Å². The van der Waals surface area contributed by atoms with Crippen molar-refractivity contribution in [2.24, 2.45) is 0 Å². The van der Waals surface area contributed by atoms with Crippen LogP contribution in [0.2, 0.25) is 5.02 Å². The Balaban J connectivity index is 2.19. The summed E-state index contributed by atoms with van der Waals surface area (Å²) < 4.78 is 18.6. The molecular weight excluding hydrogens is 277 g/mol. The average Bonchev–Trinajstić information content (AvgIpc) is 2.41. The van der Waals surface area contributed by atoms with Gasteiger partial charge < -0.3 is 14.7 Å². The molecule has 0 spiro atoms. The van der Waals surface area contributed by atoms with Crippen molar-refractivity contribution in [3.05, 3.63) is 34.6 Å². The molecule has 1 heterocycles. The molecule has 0 unspecified atom stereocenters. The SMILES string of the molecule is O=C(O)[C@H]1CN(C(=O)c2cc(Cl)ccc2F)CCO1. The fourth-order valence-corrected chi connectivity index (χ4v) is 1.99. The fraction of sp³-hybridized carbons (Fsp3) is 0.333. The summed E-state index contributed by atoms with van der Waals surface area (Å²) in [7, 11) is 0. The van der Waals surface area contributed by atoms with Crippen LogP contribution < -0.4 is 0 Å². The normalized spacial score (nSPS) is 19.3. The standard InChI is InChI=1S/C12H11ClFNO4/c13-7-1-2-9(14)8(5-7)11(16)15-3-4-19-10(6-15)12(17)18/h1-2,5,10H,3-4,6H2,(H,17,18)/t10-/m1/s1. The summed E-state index contributed by atoms with van der Waals surface area (Å²) in [5.74, 6) is -2.42. The van der Waals surface area contributed by atoms with Gasteiger partial charge in [0, 0.05) is 11.6 Å². The summed E-state index contributed by atoms with van der Waals surface area (Å²) in [6.45, 7) is 0.208. The Kier molecular flexibility index (Phi) is 4.01. The van der Waals surface area contributed by atoms with E-state index in [1.165, 1.54) is 17.0 Å². The summed E-state index contributed by atoms with van der Waals surface area (Å²) in [4.78, 5) is 24.2. The van der Waals surface area contributed by atoms with Crippen LogP contribution >= 0.6 is 11.6 Å². The number of nitrogens with zero attached hydrogens (tertiary/aromatic N) is 1. The number of benzene rings is 1. The second-order valence-electron chi connectivity index (χ2n) is 4.07. The summed E-state index contributed by atoms with van der Waals surface area (Å²) in [5.41, 5.74) is -0.168. The fourth-order valence-electron chi connectivity index (χ4n) is 1.81. The first-order chi connectivity index (χ1) is 8.99. The van der Waals surface area contributed by atoms with Crippen molar-refractivity contribution >= 4 is 23.5 Å². The highest BCUT2D eigenvalue weighted by atomic mass is 35.5. The van der Waals surface area contributed by atoms with Crippen LogP contribution in [-0.4, -0.2) is 47.7 Å². The number of rotatable bonds is 2. The van der Waals surface area contributed by atoms with Crippen LogP contribution in [0, 0.1) is 5.82 Å². The number of amides is 1. The third-order valence-corrected chi connectivity index (χ3v) is 3.02. The Morgan fingerprint density at radius 2 is 2.21 bits per heavy atom. The van der Waals surface area contributed by atoms with E-state index in [0.29, 0.717) is 0 Å². The molecule has 7 heteroatoms. The number of hydrogen-bond donors (Lipinski definition) is 1. The van der Waals surface area contributed by atoms with Crippen molar-refractivity contribution in [1.82, 2.24) is 4.90 Å². The van der Waals surface area contributed by atoms with Gasteiger partial charge in [-0.05, 0) is 18.2 Å². The minimum Gasteiger partial charge on any atom is -0.479 e. The quantitative estimate of drug-likeness (QED) is 0.893. The lowest BCUT2D eigenvalue weighted by Gasteiger charge is -2.31. The molecule has 1 aromatic carbocycles. The number of carboxylic acids is 1. The first kappa shape index (κ1) is 13.8. The lowest BCUT2D eigenvalue weighted by Crippen LogP contribution is -2.48. The second-order valence-corrected chi connectivity index (χ2v) is 4.51. The summed E-state index contributed by atoms with van der Waals surface area (Å²) in [5, 5.41) is 9.09. The number of hydrogen-bond acceptors (Lipinski definition) is 3. The molecule has 0 radical (unpaired) electrons. The molecule has 0 aromatic heterocycles. The molecule has 0 aliphatic carbocycles. The van der Waals surface area contributed by atoms with Crippen molar-refractivity contribution in [2.45, 2.75) is 6.10 Å². The van der Waals surface area contributed by atoms with Gasteiger partial charge in [0.1, 0.15) is 5.82 Å². The van der Waals surface area contributed by atoms with E-state index < -0.39 is 23.8 Å². The van der Waals surface area contributed by atoms with Gasteiger partial charge in [0.2, 0.25) is 0 Å². The van der Waals surface area contributed by atoms with E-state index in [0.717, 1.165) is 6.07 Å². The Morgan fingerprint density at radius 1 is 1.47 bits per heavy atom. The number of carbonyl (C=O) groups is 2. The zero-order valence-corrected chi connectivity index (χ0v) is 10.6. The maximum absolute atomic E-state index is 13.6. The van der Waals surface area contributed by atoms with Gasteiger partial charge in [0.15, 0.2) is 6.10 Å². The van der Waals surface area contributed by atoms with E-state index in [4.69, 9.17) is 21.4 Å². The zero-order valence-electron chi connectivity index (χ0n) is 9.81. The predicted octanol–water partition coefficient (Wildman–Crippen LogP) is 1.40. The maximum Gasteiger partial charge on any atom is 0.334 e. The Hall–Kier alpha value is -1.66. The number of halogens is 2. The number of morpholine rings is 1. The minimum atomic E-state index is -1.15. The molecule has 19 heavy (non-hydrogen) atoms. The summed E-state index contributed by atoms with van der Waals surface area (Å²) >= 11 is 5.72. The van der Waals surface area contributed by atoms with Gasteiger partial charge in [-0.3, -0.25) is 4.79 Å². The van der Waals surface area contributed by atoms with Gasteiger partial charge in [0.05, 0.1) is 18.7 Å². The van der Waals surface area contributed by atoms with E-state index in [1.54, 1.807) is 0 Å². The van der Waals surface area contributed by atoms with E-state index in [-0.39, 0.29) is 30.3 Å². The van der Waals surface area contributed by atoms with Crippen LogP contribution in [0.3, 0.4) is 0 Å². The maximum atomic E-state index is 13.6. The topological polar surface area (TPSA) is 66.8 Å². The molecule has 1 amide bonds. The highest BCUT2D eigenvalue weighted by Gasteiger charge is 2.30. The first-order valence-electron chi connectivity index (χ1n) is 5.58. The van der Waals surface area contributed by atoms with Crippen LogP contribution in [0.1, 0.15) is 10.4 Å². The summed E-state index contributed by atoms with van der Waals surface area (Å²) in [6, 6.07) is 3.67. The Bertz CT molecular complexity index is 522. The second kappa shape index (κ2) is 5.54. The Labute approximate surface area is 113 Å². The first-order valence-corrected chi connectivity index (χ1v) is 5.95. The van der Waals surface area contributed by atoms with Crippen molar-refractivity contribution in [1.29, 1.82) is 0 Å². The molecule has 0 bridgehead atoms. The van der Waals surface area contributed by atoms with Crippen LogP contribution in [-0.2, 0) is 9.53 Å². The van der Waals surface area contributed by atoms with Crippen LogP contribution in [0.4, 0.5) is 4.39 Å². The van der Waals surface area contributed by atoms with Crippen molar-refractivity contribution < 1.29 is 23.8 Å². The molecule has 102 valence electrons. The van der Waals surface area contributed by atoms with Gasteiger partial charge in [-0.1, -0.05) is 11.6 Å². The van der Waals surface area contributed by atoms with Crippen molar-refractivity contribution in [3.8, 4) is 0 Å². The molecule has 1 aliphatic heterocycles. The predicted molar refractivity (Wildman–Crippen MR) is 64.7 cm³/mol. The smallest absolute Gasteiger partial charge is 0.334 e. The molecule has 2 rings (SSSR count). The van der Waals surface area contributed by atoms with Crippen LogP contribution in [0.5, 0.6) is 0 Å². The van der Waals surface area contributed by atoms with Crippen molar-refractivity contribution in [2.75, 3.05) is 19.7 Å². The third-order valence-electron chi connectivity index (χ3n) is 2.79. The average molecular weight is 288 g/mol. The lowest BCUT2D eigenvalue weighted by molar-refractivity contribution is -0.154. The largest absolute Gasteiger partial charge is 0.479 e. The van der Waals surface area contributed by atoms with E-state index in [9.17, 15) is 14.0 Å². The van der Waals surface area contributed by atoms with E-state index in [2.05, 4.69) is 0 Å². The molecule has 1 N–H and O–H groups in total.